The number of rotatable bonds is 4. The molecule has 0 spiro atoms. The predicted octanol–water partition coefficient (Wildman–Crippen LogP) is 2.31. The van der Waals surface area contributed by atoms with E-state index in [1.54, 1.807) is 18.2 Å². The molecule has 0 radical (unpaired) electrons. The van der Waals surface area contributed by atoms with Gasteiger partial charge in [-0.2, -0.15) is 13.9 Å². The number of aryl methyl sites for hydroxylation is 2. The summed E-state index contributed by atoms with van der Waals surface area (Å²) in [5.74, 6) is -0.294. The average molecular weight is 410 g/mol. The summed E-state index contributed by atoms with van der Waals surface area (Å²) in [4.78, 5) is 6.91. The van der Waals surface area contributed by atoms with Crippen LogP contribution in [0.5, 0.6) is 0 Å². The quantitative estimate of drug-likeness (QED) is 0.661. The molecule has 3 aromatic rings. The molecule has 0 aliphatic carbocycles. The molecule has 2 aromatic heterocycles. The molecular weight excluding hydrogens is 389 g/mol. The van der Waals surface area contributed by atoms with Crippen LogP contribution in [0.25, 0.3) is 4.96 Å². The van der Waals surface area contributed by atoms with Crippen molar-refractivity contribution in [2.45, 2.75) is 25.3 Å². The summed E-state index contributed by atoms with van der Waals surface area (Å²) in [6, 6.07) is 6.56. The van der Waals surface area contributed by atoms with Crippen LogP contribution in [0.1, 0.15) is 17.6 Å². The Morgan fingerprint density at radius 2 is 1.89 bits per heavy atom. The van der Waals surface area contributed by atoms with Gasteiger partial charge in [-0.05, 0) is 25.5 Å². The lowest BCUT2D eigenvalue weighted by atomic mass is 10.2. The second-order valence-corrected chi connectivity index (χ2v) is 9.39. The highest BCUT2D eigenvalue weighted by molar-refractivity contribution is 7.89. The van der Waals surface area contributed by atoms with Gasteiger partial charge in [0.15, 0.2) is 5.03 Å². The topological polar surface area (TPSA) is 70.8 Å². The number of sulfonamides is 1. The smallest absolute Gasteiger partial charge is 0.262 e. The van der Waals surface area contributed by atoms with Crippen LogP contribution in [-0.2, 0) is 16.4 Å². The Balaban J connectivity index is 1.62. The van der Waals surface area contributed by atoms with Gasteiger partial charge in [-0.25, -0.2) is 17.8 Å². The van der Waals surface area contributed by atoms with Crippen LogP contribution in [0.2, 0.25) is 0 Å². The van der Waals surface area contributed by atoms with Gasteiger partial charge in [0.2, 0.25) is 4.96 Å². The first-order valence-corrected chi connectivity index (χ1v) is 11.0. The Kier molecular flexibility index (Phi) is 4.65. The number of anilines is 1. The first kappa shape index (κ1) is 18.3. The number of hydrogen-bond acceptors (Lipinski definition) is 6. The van der Waals surface area contributed by atoms with Gasteiger partial charge in [0.05, 0.1) is 11.4 Å². The molecule has 0 atom stereocenters. The number of nitrogens with zero attached hydrogens (tertiary/aromatic N) is 5. The summed E-state index contributed by atoms with van der Waals surface area (Å²) in [5.41, 5.74) is 1.04. The highest BCUT2D eigenvalue weighted by atomic mass is 32.2. The Morgan fingerprint density at radius 3 is 2.56 bits per heavy atom. The van der Waals surface area contributed by atoms with Crippen molar-refractivity contribution in [1.82, 2.24) is 18.9 Å². The summed E-state index contributed by atoms with van der Waals surface area (Å²) in [6.45, 7) is 5.15. The van der Waals surface area contributed by atoms with Gasteiger partial charge in [-0.15, -0.1) is 0 Å². The zero-order chi connectivity index (χ0) is 19.2. The molecule has 1 aromatic carbocycles. The highest BCUT2D eigenvalue weighted by Gasteiger charge is 2.34. The lowest BCUT2D eigenvalue weighted by Crippen LogP contribution is -2.49. The summed E-state index contributed by atoms with van der Waals surface area (Å²) in [5, 5.41) is 5.24. The molecule has 3 heterocycles. The second-order valence-electron chi connectivity index (χ2n) is 6.38. The fourth-order valence-corrected chi connectivity index (χ4v) is 5.90. The fraction of sp³-hybridized carbons (Fsp3) is 0.412. The normalized spacial score (nSPS) is 16.3. The zero-order valence-electron chi connectivity index (χ0n) is 15.1. The van der Waals surface area contributed by atoms with E-state index in [0.717, 1.165) is 5.01 Å². The van der Waals surface area contributed by atoms with Crippen molar-refractivity contribution < 1.29 is 12.8 Å². The molecule has 1 aliphatic rings. The summed E-state index contributed by atoms with van der Waals surface area (Å²) < 4.78 is 43.5. The highest BCUT2D eigenvalue weighted by Crippen LogP contribution is 2.27. The second kappa shape index (κ2) is 6.84. The summed E-state index contributed by atoms with van der Waals surface area (Å²) in [7, 11) is -3.73. The largest absolute Gasteiger partial charge is 0.367 e. The van der Waals surface area contributed by atoms with Gasteiger partial charge in [-0.1, -0.05) is 30.4 Å². The van der Waals surface area contributed by atoms with Crippen molar-refractivity contribution in [3.63, 3.8) is 0 Å². The van der Waals surface area contributed by atoms with E-state index in [1.807, 2.05) is 18.7 Å². The third kappa shape index (κ3) is 3.11. The number of benzene rings is 1. The van der Waals surface area contributed by atoms with Crippen molar-refractivity contribution in [2.24, 2.45) is 0 Å². The van der Waals surface area contributed by atoms with Crippen molar-refractivity contribution in [2.75, 3.05) is 31.1 Å². The van der Waals surface area contributed by atoms with Crippen molar-refractivity contribution in [3.8, 4) is 0 Å². The SMILES string of the molecule is CCc1nc2sc(C)nn2c1S(=O)(=O)N1CCN(c2ccccc2F)CC1. The number of piperazine rings is 1. The van der Waals surface area contributed by atoms with Crippen LogP contribution in [0, 0.1) is 12.7 Å². The maximum Gasteiger partial charge on any atom is 0.262 e. The van der Waals surface area contributed by atoms with E-state index in [9.17, 15) is 12.8 Å². The zero-order valence-corrected chi connectivity index (χ0v) is 16.7. The van der Waals surface area contributed by atoms with E-state index in [1.165, 1.54) is 26.2 Å². The van der Waals surface area contributed by atoms with Gasteiger partial charge in [0, 0.05) is 26.2 Å². The molecule has 0 N–H and O–H groups in total. The predicted molar refractivity (Wildman–Crippen MR) is 102 cm³/mol. The van der Waals surface area contributed by atoms with Gasteiger partial charge < -0.3 is 4.90 Å². The Morgan fingerprint density at radius 1 is 1.19 bits per heavy atom. The minimum atomic E-state index is -3.73. The molecule has 144 valence electrons. The number of imidazole rings is 1. The molecule has 1 fully saturated rings. The van der Waals surface area contributed by atoms with Crippen molar-refractivity contribution >= 4 is 32.0 Å². The maximum atomic E-state index is 14.0. The molecule has 10 heteroatoms. The molecule has 0 bridgehead atoms. The van der Waals surface area contributed by atoms with Crippen LogP contribution in [0.4, 0.5) is 10.1 Å². The number of halogens is 1. The maximum absolute atomic E-state index is 14.0. The molecule has 0 saturated carbocycles. The lowest BCUT2D eigenvalue weighted by Gasteiger charge is -2.35. The van der Waals surface area contributed by atoms with E-state index < -0.39 is 10.0 Å². The number of fused-ring (bicyclic) bond motifs is 1. The van der Waals surface area contributed by atoms with E-state index in [0.29, 0.717) is 35.9 Å². The van der Waals surface area contributed by atoms with Gasteiger partial charge in [0.25, 0.3) is 10.0 Å². The first-order valence-electron chi connectivity index (χ1n) is 8.76. The molecule has 4 rings (SSSR count). The van der Waals surface area contributed by atoms with E-state index in [4.69, 9.17) is 0 Å². The Hall–Kier alpha value is -2.04. The van der Waals surface area contributed by atoms with Crippen LogP contribution in [0.15, 0.2) is 29.3 Å². The van der Waals surface area contributed by atoms with E-state index in [-0.39, 0.29) is 23.9 Å². The molecule has 7 nitrogen and oxygen atoms in total. The Bertz CT molecular complexity index is 1080. The van der Waals surface area contributed by atoms with E-state index in [2.05, 4.69) is 10.1 Å². The van der Waals surface area contributed by atoms with Crippen LogP contribution in [-0.4, -0.2) is 53.5 Å². The van der Waals surface area contributed by atoms with Crippen LogP contribution in [0.3, 0.4) is 0 Å². The van der Waals surface area contributed by atoms with Crippen LogP contribution >= 0.6 is 11.3 Å². The third-order valence-electron chi connectivity index (χ3n) is 4.68. The fourth-order valence-electron chi connectivity index (χ4n) is 3.36. The summed E-state index contributed by atoms with van der Waals surface area (Å²) in [6.07, 6.45) is 0.513. The van der Waals surface area contributed by atoms with E-state index >= 15 is 0 Å². The van der Waals surface area contributed by atoms with Crippen molar-refractivity contribution in [1.29, 1.82) is 0 Å². The number of para-hydroxylation sites is 1. The standard InChI is InChI=1S/C17H20FN5O2S2/c1-3-14-16(23-17(19-14)26-12(2)20-23)27(24,25)22-10-8-21(9-11-22)15-7-5-4-6-13(15)18/h4-7H,3,8-11H2,1-2H3. The minimum Gasteiger partial charge on any atom is -0.367 e. The van der Waals surface area contributed by atoms with Gasteiger partial charge in [0.1, 0.15) is 10.8 Å². The molecule has 1 aliphatic heterocycles. The molecule has 0 amide bonds. The third-order valence-corrected chi connectivity index (χ3v) is 7.45. The van der Waals surface area contributed by atoms with Crippen LogP contribution < -0.4 is 4.90 Å². The Labute approximate surface area is 161 Å². The molecule has 0 unspecified atom stereocenters. The molecule has 1 saturated heterocycles. The molecule has 27 heavy (non-hydrogen) atoms. The lowest BCUT2D eigenvalue weighted by molar-refractivity contribution is 0.380. The number of hydrogen-bond donors (Lipinski definition) is 0. The molecular formula is C17H20FN5O2S2. The van der Waals surface area contributed by atoms with Crippen molar-refractivity contribution in [3.05, 3.63) is 40.8 Å². The summed E-state index contributed by atoms with van der Waals surface area (Å²) >= 11 is 1.37. The average Bonchev–Trinajstić information content (AvgIpc) is 3.17. The minimum absolute atomic E-state index is 0.156. The monoisotopic (exact) mass is 409 g/mol. The number of aromatic nitrogens is 3. The van der Waals surface area contributed by atoms with Gasteiger partial charge >= 0.3 is 0 Å². The van der Waals surface area contributed by atoms with Gasteiger partial charge in [-0.3, -0.25) is 0 Å². The first-order chi connectivity index (χ1) is 12.9.